The number of nitriles is 1. The highest BCUT2D eigenvalue weighted by Crippen LogP contribution is 2.42. The quantitative estimate of drug-likeness (QED) is 0.656. The number of aromatic hydroxyl groups is 1. The molecule has 27 heavy (non-hydrogen) atoms. The number of nitrogens with zero attached hydrogens (tertiary/aromatic N) is 3. The van der Waals surface area contributed by atoms with Gasteiger partial charge in [0.2, 0.25) is 5.88 Å². The number of hydrogen-bond acceptors (Lipinski definition) is 5. The lowest BCUT2D eigenvalue weighted by Crippen LogP contribution is -2.33. The SMILES string of the molecule is Cc1nn(-c2ccc(Br)cc2)c2c1C(c1ccc(O)cc1)=C(C#N)C(N)O2. The van der Waals surface area contributed by atoms with Crippen molar-refractivity contribution in [2.24, 2.45) is 5.73 Å². The average Bonchev–Trinajstić information content (AvgIpc) is 2.98. The standard InChI is InChI=1S/C20H15BrN4O2/c1-11-17-18(12-2-8-15(26)9-3-12)16(10-22)19(23)27-20(17)25(24-11)14-6-4-13(21)5-7-14/h2-9,19,26H,23H2,1H3. The van der Waals surface area contributed by atoms with Crippen LogP contribution in [-0.2, 0) is 0 Å². The van der Waals surface area contributed by atoms with Crippen molar-refractivity contribution in [3.8, 4) is 23.4 Å². The molecule has 0 radical (unpaired) electrons. The van der Waals surface area contributed by atoms with E-state index in [4.69, 9.17) is 10.5 Å². The minimum absolute atomic E-state index is 0.150. The summed E-state index contributed by atoms with van der Waals surface area (Å²) in [6.45, 7) is 1.86. The van der Waals surface area contributed by atoms with E-state index >= 15 is 0 Å². The Kier molecular flexibility index (Phi) is 4.22. The molecule has 3 N–H and O–H groups in total. The smallest absolute Gasteiger partial charge is 0.226 e. The van der Waals surface area contributed by atoms with Crippen LogP contribution in [-0.4, -0.2) is 21.1 Å². The Morgan fingerprint density at radius 1 is 1.19 bits per heavy atom. The van der Waals surface area contributed by atoms with Gasteiger partial charge in [-0.15, -0.1) is 0 Å². The third-order valence-corrected chi connectivity index (χ3v) is 4.94. The van der Waals surface area contributed by atoms with Crippen molar-refractivity contribution in [1.82, 2.24) is 9.78 Å². The van der Waals surface area contributed by atoms with Crippen LogP contribution >= 0.6 is 15.9 Å². The van der Waals surface area contributed by atoms with Gasteiger partial charge < -0.3 is 9.84 Å². The molecule has 0 spiro atoms. The zero-order chi connectivity index (χ0) is 19.1. The normalized spacial score (nSPS) is 15.9. The fraction of sp³-hybridized carbons (Fsp3) is 0.100. The molecule has 2 heterocycles. The molecule has 134 valence electrons. The minimum Gasteiger partial charge on any atom is -0.508 e. The fourth-order valence-corrected chi connectivity index (χ4v) is 3.43. The number of aryl methyl sites for hydroxylation is 1. The number of rotatable bonds is 2. The Labute approximate surface area is 164 Å². The van der Waals surface area contributed by atoms with Gasteiger partial charge in [-0.3, -0.25) is 5.73 Å². The van der Waals surface area contributed by atoms with E-state index in [0.717, 1.165) is 27.0 Å². The Balaban J connectivity index is 1.97. The van der Waals surface area contributed by atoms with Gasteiger partial charge in [0.05, 0.1) is 22.5 Å². The van der Waals surface area contributed by atoms with Gasteiger partial charge in [-0.25, -0.2) is 4.68 Å². The van der Waals surface area contributed by atoms with Crippen LogP contribution in [0.25, 0.3) is 11.3 Å². The maximum absolute atomic E-state index is 9.67. The minimum atomic E-state index is -0.906. The van der Waals surface area contributed by atoms with Crippen molar-refractivity contribution >= 4 is 21.5 Å². The summed E-state index contributed by atoms with van der Waals surface area (Å²) in [5, 5.41) is 23.9. The molecule has 1 aliphatic heterocycles. The summed E-state index contributed by atoms with van der Waals surface area (Å²) in [7, 11) is 0. The molecule has 4 rings (SSSR count). The second-order valence-electron chi connectivity index (χ2n) is 6.14. The molecular weight excluding hydrogens is 408 g/mol. The van der Waals surface area contributed by atoms with E-state index in [9.17, 15) is 10.4 Å². The second kappa shape index (κ2) is 6.58. The van der Waals surface area contributed by atoms with Gasteiger partial charge in [-0.05, 0) is 48.9 Å². The van der Waals surface area contributed by atoms with Crippen LogP contribution in [0.2, 0.25) is 0 Å². The molecule has 0 fully saturated rings. The average molecular weight is 423 g/mol. The number of phenols is 1. The molecule has 1 atom stereocenters. The number of benzene rings is 2. The first-order valence-electron chi connectivity index (χ1n) is 8.21. The highest BCUT2D eigenvalue weighted by molar-refractivity contribution is 9.10. The van der Waals surface area contributed by atoms with E-state index in [0.29, 0.717) is 17.0 Å². The molecule has 1 aliphatic rings. The number of ether oxygens (including phenoxy) is 1. The molecule has 0 amide bonds. The van der Waals surface area contributed by atoms with Crippen molar-refractivity contribution in [3.63, 3.8) is 0 Å². The highest BCUT2D eigenvalue weighted by atomic mass is 79.9. The zero-order valence-electron chi connectivity index (χ0n) is 14.3. The van der Waals surface area contributed by atoms with Gasteiger partial charge >= 0.3 is 0 Å². The zero-order valence-corrected chi connectivity index (χ0v) is 15.9. The van der Waals surface area contributed by atoms with E-state index in [2.05, 4.69) is 27.1 Å². The van der Waals surface area contributed by atoms with Crippen LogP contribution in [0, 0.1) is 18.3 Å². The Bertz CT molecular complexity index is 1090. The number of phenolic OH excluding ortho intramolecular Hbond substituents is 1. The second-order valence-corrected chi connectivity index (χ2v) is 7.06. The Hall–Kier alpha value is -3.08. The molecule has 1 aromatic heterocycles. The Morgan fingerprint density at radius 2 is 1.85 bits per heavy atom. The largest absolute Gasteiger partial charge is 0.508 e. The lowest BCUT2D eigenvalue weighted by Gasteiger charge is -2.24. The van der Waals surface area contributed by atoms with E-state index in [-0.39, 0.29) is 5.75 Å². The maximum atomic E-state index is 9.67. The maximum Gasteiger partial charge on any atom is 0.226 e. The first-order chi connectivity index (χ1) is 13.0. The summed E-state index contributed by atoms with van der Waals surface area (Å²) in [5.74, 6) is 0.640. The molecule has 3 aromatic rings. The first-order valence-corrected chi connectivity index (χ1v) is 9.00. The van der Waals surface area contributed by atoms with Gasteiger partial charge in [0.15, 0.2) is 6.23 Å². The molecule has 1 unspecified atom stereocenters. The van der Waals surface area contributed by atoms with Crippen molar-refractivity contribution < 1.29 is 9.84 Å². The van der Waals surface area contributed by atoms with E-state index < -0.39 is 6.23 Å². The molecule has 0 aliphatic carbocycles. The monoisotopic (exact) mass is 422 g/mol. The number of fused-ring (bicyclic) bond motifs is 1. The molecular formula is C20H15BrN4O2. The summed E-state index contributed by atoms with van der Waals surface area (Å²) >= 11 is 3.43. The van der Waals surface area contributed by atoms with Gasteiger partial charge in [0.1, 0.15) is 11.8 Å². The van der Waals surface area contributed by atoms with Gasteiger partial charge in [0.25, 0.3) is 0 Å². The topological polar surface area (TPSA) is 97.1 Å². The van der Waals surface area contributed by atoms with Crippen molar-refractivity contribution in [2.75, 3.05) is 0 Å². The first kappa shape index (κ1) is 17.3. The fourth-order valence-electron chi connectivity index (χ4n) is 3.16. The summed E-state index contributed by atoms with van der Waals surface area (Å²) < 4.78 is 8.53. The lowest BCUT2D eigenvalue weighted by atomic mass is 9.91. The molecule has 2 aromatic carbocycles. The number of halogens is 1. The van der Waals surface area contributed by atoms with Crippen molar-refractivity contribution in [3.05, 3.63) is 75.4 Å². The van der Waals surface area contributed by atoms with Crippen LogP contribution in [0.3, 0.4) is 0 Å². The predicted octanol–water partition coefficient (Wildman–Crippen LogP) is 3.65. The Morgan fingerprint density at radius 3 is 2.48 bits per heavy atom. The predicted molar refractivity (Wildman–Crippen MR) is 104 cm³/mol. The third-order valence-electron chi connectivity index (χ3n) is 4.41. The van der Waals surface area contributed by atoms with E-state index in [1.807, 2.05) is 31.2 Å². The van der Waals surface area contributed by atoms with Crippen LogP contribution in [0.15, 0.2) is 58.6 Å². The summed E-state index contributed by atoms with van der Waals surface area (Å²) in [6.07, 6.45) is -0.906. The molecule has 0 saturated carbocycles. The van der Waals surface area contributed by atoms with E-state index in [1.54, 1.807) is 28.9 Å². The lowest BCUT2D eigenvalue weighted by molar-refractivity contribution is 0.228. The summed E-state index contributed by atoms with van der Waals surface area (Å²) in [5.41, 5.74) is 10.2. The van der Waals surface area contributed by atoms with Gasteiger partial charge in [-0.2, -0.15) is 10.4 Å². The molecule has 0 bridgehead atoms. The number of nitrogens with two attached hydrogens (primary N) is 1. The molecule has 7 heteroatoms. The summed E-state index contributed by atoms with van der Waals surface area (Å²) in [6, 6.07) is 16.5. The third kappa shape index (κ3) is 2.89. The van der Waals surface area contributed by atoms with Crippen LogP contribution in [0.5, 0.6) is 11.6 Å². The molecule has 6 nitrogen and oxygen atoms in total. The number of aromatic nitrogens is 2. The number of hydrogen-bond donors (Lipinski definition) is 2. The summed E-state index contributed by atoms with van der Waals surface area (Å²) in [4.78, 5) is 0. The van der Waals surface area contributed by atoms with Crippen LogP contribution < -0.4 is 10.5 Å². The van der Waals surface area contributed by atoms with Crippen molar-refractivity contribution in [2.45, 2.75) is 13.2 Å². The van der Waals surface area contributed by atoms with Crippen LogP contribution in [0.4, 0.5) is 0 Å². The van der Waals surface area contributed by atoms with Gasteiger partial charge in [-0.1, -0.05) is 28.1 Å². The van der Waals surface area contributed by atoms with E-state index in [1.165, 1.54) is 0 Å². The molecule has 0 saturated heterocycles. The highest BCUT2D eigenvalue weighted by Gasteiger charge is 2.33. The van der Waals surface area contributed by atoms with Gasteiger partial charge in [0, 0.05) is 10.0 Å². The van der Waals surface area contributed by atoms with Crippen molar-refractivity contribution in [1.29, 1.82) is 5.26 Å². The van der Waals surface area contributed by atoms with Crippen LogP contribution in [0.1, 0.15) is 16.8 Å².